The standard InChI is InChI=1S/C19H14BrNO5S2/c1-25-15-5-3-2-4-13(15)21-18(24)16(28-19(21)27)9-11-8-12(20)6-7-14(11)26-10-17(22)23/h2-9H,10H2,1H3,(H,22,23)/b16-9+. The maximum atomic E-state index is 13.0. The molecule has 1 saturated heterocycles. The predicted octanol–water partition coefficient (Wildman–Crippen LogP) is 4.33. The fourth-order valence-corrected chi connectivity index (χ4v) is 4.19. The smallest absolute Gasteiger partial charge is 0.341 e. The summed E-state index contributed by atoms with van der Waals surface area (Å²) < 4.78 is 11.8. The van der Waals surface area contributed by atoms with E-state index in [1.807, 2.05) is 6.07 Å². The number of amides is 1. The molecule has 1 aliphatic rings. The maximum Gasteiger partial charge on any atom is 0.341 e. The molecule has 2 aromatic rings. The average molecular weight is 480 g/mol. The Kier molecular flexibility index (Phi) is 6.38. The first-order chi connectivity index (χ1) is 13.4. The summed E-state index contributed by atoms with van der Waals surface area (Å²) in [5.74, 6) is -0.485. The van der Waals surface area contributed by atoms with Crippen LogP contribution in [0.25, 0.3) is 6.08 Å². The lowest BCUT2D eigenvalue weighted by molar-refractivity contribution is -0.139. The van der Waals surface area contributed by atoms with Crippen LogP contribution in [-0.2, 0) is 9.59 Å². The number of para-hydroxylation sites is 2. The van der Waals surface area contributed by atoms with Gasteiger partial charge in [0.25, 0.3) is 5.91 Å². The minimum Gasteiger partial charge on any atom is -0.495 e. The van der Waals surface area contributed by atoms with Gasteiger partial charge in [0.2, 0.25) is 0 Å². The van der Waals surface area contributed by atoms with Crippen LogP contribution in [0.4, 0.5) is 5.69 Å². The highest BCUT2D eigenvalue weighted by atomic mass is 79.9. The molecule has 0 spiro atoms. The SMILES string of the molecule is COc1ccccc1N1C(=O)/C(=C\c2cc(Br)ccc2OCC(=O)O)SC1=S. The van der Waals surface area contributed by atoms with Crippen molar-refractivity contribution in [3.8, 4) is 11.5 Å². The molecular weight excluding hydrogens is 466 g/mol. The first-order valence-electron chi connectivity index (χ1n) is 7.96. The lowest BCUT2D eigenvalue weighted by atomic mass is 10.2. The monoisotopic (exact) mass is 479 g/mol. The Morgan fingerprint density at radius 3 is 2.75 bits per heavy atom. The molecule has 0 aromatic heterocycles. The third-order valence-electron chi connectivity index (χ3n) is 3.73. The Hall–Kier alpha value is -2.36. The first kappa shape index (κ1) is 20.4. The zero-order valence-corrected chi connectivity index (χ0v) is 17.8. The van der Waals surface area contributed by atoms with Crippen molar-refractivity contribution in [2.24, 2.45) is 0 Å². The van der Waals surface area contributed by atoms with Gasteiger partial charge in [-0.25, -0.2) is 4.79 Å². The Labute approximate surface area is 179 Å². The first-order valence-corrected chi connectivity index (χ1v) is 9.97. The second kappa shape index (κ2) is 8.76. The van der Waals surface area contributed by atoms with E-state index in [9.17, 15) is 9.59 Å². The van der Waals surface area contributed by atoms with Crippen molar-refractivity contribution in [2.45, 2.75) is 0 Å². The number of carboxylic acid groups (broad SMARTS) is 1. The van der Waals surface area contributed by atoms with Crippen LogP contribution in [0.3, 0.4) is 0 Å². The molecule has 1 heterocycles. The number of halogens is 1. The largest absolute Gasteiger partial charge is 0.495 e. The quantitative estimate of drug-likeness (QED) is 0.487. The highest BCUT2D eigenvalue weighted by Gasteiger charge is 2.35. The highest BCUT2D eigenvalue weighted by molar-refractivity contribution is 9.10. The summed E-state index contributed by atoms with van der Waals surface area (Å²) in [5.41, 5.74) is 1.13. The highest BCUT2D eigenvalue weighted by Crippen LogP contribution is 2.40. The van der Waals surface area contributed by atoms with E-state index in [-0.39, 0.29) is 5.91 Å². The number of carboxylic acids is 1. The molecular formula is C19H14BrNO5S2. The average Bonchev–Trinajstić information content (AvgIpc) is 2.94. The number of anilines is 1. The minimum atomic E-state index is -1.09. The number of ether oxygens (including phenoxy) is 2. The molecule has 1 N–H and O–H groups in total. The van der Waals surface area contributed by atoms with Crippen LogP contribution in [0.5, 0.6) is 11.5 Å². The van der Waals surface area contributed by atoms with E-state index < -0.39 is 12.6 Å². The summed E-state index contributed by atoms with van der Waals surface area (Å²) in [7, 11) is 1.53. The zero-order chi connectivity index (χ0) is 20.3. The van der Waals surface area contributed by atoms with Crippen molar-refractivity contribution in [3.05, 3.63) is 57.4 Å². The Morgan fingerprint density at radius 1 is 1.29 bits per heavy atom. The van der Waals surface area contributed by atoms with Gasteiger partial charge in [-0.05, 0) is 36.4 Å². The topological polar surface area (TPSA) is 76.1 Å². The zero-order valence-electron chi connectivity index (χ0n) is 14.5. The maximum absolute atomic E-state index is 13.0. The molecule has 0 aliphatic carbocycles. The molecule has 0 saturated carbocycles. The van der Waals surface area contributed by atoms with Gasteiger partial charge in [0.15, 0.2) is 10.9 Å². The molecule has 0 radical (unpaired) electrons. The third-order valence-corrected chi connectivity index (χ3v) is 5.52. The number of carbonyl (C=O) groups is 2. The van der Waals surface area contributed by atoms with E-state index in [1.54, 1.807) is 42.5 Å². The lowest BCUT2D eigenvalue weighted by Crippen LogP contribution is -2.27. The van der Waals surface area contributed by atoms with E-state index in [2.05, 4.69) is 15.9 Å². The van der Waals surface area contributed by atoms with E-state index >= 15 is 0 Å². The molecule has 9 heteroatoms. The van der Waals surface area contributed by atoms with Crippen molar-refractivity contribution >= 4 is 67.9 Å². The number of thioether (sulfide) groups is 1. The Bertz CT molecular complexity index is 992. The molecule has 2 aromatic carbocycles. The second-order valence-corrected chi connectivity index (χ2v) is 8.14. The van der Waals surface area contributed by atoms with Crippen molar-refractivity contribution in [1.82, 2.24) is 0 Å². The van der Waals surface area contributed by atoms with Gasteiger partial charge in [-0.1, -0.05) is 52.0 Å². The van der Waals surface area contributed by atoms with Gasteiger partial charge in [0, 0.05) is 10.0 Å². The molecule has 1 amide bonds. The lowest BCUT2D eigenvalue weighted by Gasteiger charge is -2.17. The summed E-state index contributed by atoms with van der Waals surface area (Å²) >= 11 is 9.93. The molecule has 0 bridgehead atoms. The van der Waals surface area contributed by atoms with Crippen LogP contribution in [0.1, 0.15) is 5.56 Å². The van der Waals surface area contributed by atoms with Crippen LogP contribution in [0.2, 0.25) is 0 Å². The van der Waals surface area contributed by atoms with Gasteiger partial charge in [0.05, 0.1) is 17.7 Å². The number of hydrogen-bond donors (Lipinski definition) is 1. The fraction of sp³-hybridized carbons (Fsp3) is 0.105. The molecule has 28 heavy (non-hydrogen) atoms. The summed E-state index contributed by atoms with van der Waals surface area (Å²) in [6.45, 7) is -0.482. The van der Waals surface area contributed by atoms with Crippen molar-refractivity contribution in [2.75, 3.05) is 18.6 Å². The summed E-state index contributed by atoms with van der Waals surface area (Å²) in [6, 6.07) is 12.2. The van der Waals surface area contributed by atoms with E-state index in [4.69, 9.17) is 26.8 Å². The molecule has 0 atom stereocenters. The van der Waals surface area contributed by atoms with Gasteiger partial charge >= 0.3 is 5.97 Å². The fourth-order valence-electron chi connectivity index (χ4n) is 2.53. The van der Waals surface area contributed by atoms with Gasteiger partial charge in [-0.3, -0.25) is 9.69 Å². The van der Waals surface area contributed by atoms with Crippen LogP contribution in [-0.4, -0.2) is 35.0 Å². The van der Waals surface area contributed by atoms with Gasteiger partial charge < -0.3 is 14.6 Å². The van der Waals surface area contributed by atoms with Crippen LogP contribution in [0.15, 0.2) is 51.8 Å². The van der Waals surface area contributed by atoms with Crippen molar-refractivity contribution in [1.29, 1.82) is 0 Å². The second-order valence-electron chi connectivity index (χ2n) is 5.55. The number of thiocarbonyl (C=S) groups is 1. The van der Waals surface area contributed by atoms with Gasteiger partial charge in [0.1, 0.15) is 11.5 Å². The molecule has 1 fully saturated rings. The van der Waals surface area contributed by atoms with E-state index in [0.29, 0.717) is 32.0 Å². The van der Waals surface area contributed by atoms with Crippen LogP contribution in [0, 0.1) is 0 Å². The van der Waals surface area contributed by atoms with E-state index in [0.717, 1.165) is 16.2 Å². The summed E-state index contributed by atoms with van der Waals surface area (Å²) in [5, 5.41) is 8.85. The summed E-state index contributed by atoms with van der Waals surface area (Å²) in [6.07, 6.45) is 1.64. The number of benzene rings is 2. The van der Waals surface area contributed by atoms with Crippen LogP contribution < -0.4 is 14.4 Å². The normalized spacial score (nSPS) is 15.2. The molecule has 3 rings (SSSR count). The van der Waals surface area contributed by atoms with Gasteiger partial charge in [-0.2, -0.15) is 0 Å². The van der Waals surface area contributed by atoms with Crippen molar-refractivity contribution < 1.29 is 24.2 Å². The van der Waals surface area contributed by atoms with Crippen molar-refractivity contribution in [3.63, 3.8) is 0 Å². The van der Waals surface area contributed by atoms with Gasteiger partial charge in [-0.15, -0.1) is 0 Å². The number of aliphatic carboxylic acids is 1. The predicted molar refractivity (Wildman–Crippen MR) is 116 cm³/mol. The Morgan fingerprint density at radius 2 is 2.04 bits per heavy atom. The third kappa shape index (κ3) is 4.37. The number of rotatable bonds is 6. The molecule has 0 unspecified atom stereocenters. The number of nitrogens with zero attached hydrogens (tertiary/aromatic N) is 1. The molecule has 6 nitrogen and oxygen atoms in total. The number of hydrogen-bond acceptors (Lipinski definition) is 6. The summed E-state index contributed by atoms with van der Waals surface area (Å²) in [4.78, 5) is 25.6. The minimum absolute atomic E-state index is 0.288. The number of methoxy groups -OCH3 is 1. The van der Waals surface area contributed by atoms with E-state index in [1.165, 1.54) is 12.0 Å². The van der Waals surface area contributed by atoms with Crippen LogP contribution >= 0.6 is 39.9 Å². The Balaban J connectivity index is 1.96. The molecule has 1 aliphatic heterocycles. The number of carbonyl (C=O) groups excluding carboxylic acids is 1. The molecule has 144 valence electrons.